The van der Waals surface area contributed by atoms with E-state index >= 15 is 0 Å². The maximum Gasteiger partial charge on any atom is 0.438 e. The smallest absolute Gasteiger partial charge is 0.362 e. The molecule has 0 spiro atoms. The van der Waals surface area contributed by atoms with Crippen molar-refractivity contribution in [3.8, 4) is 0 Å². The molecular weight excluding hydrogens is 334 g/mol. The fourth-order valence-corrected chi connectivity index (χ4v) is 1.94. The number of rotatable bonds is 2. The van der Waals surface area contributed by atoms with Gasteiger partial charge in [0.25, 0.3) is 11.6 Å². The van der Waals surface area contributed by atoms with Gasteiger partial charge >= 0.3 is 12.4 Å². The molecule has 0 aliphatic carbocycles. The second kappa shape index (κ2) is 5.22. The van der Waals surface area contributed by atoms with Crippen LogP contribution in [0.15, 0.2) is 11.2 Å². The summed E-state index contributed by atoms with van der Waals surface area (Å²) < 4.78 is 76.7. The Balaban J connectivity index is 2.23. The van der Waals surface area contributed by atoms with Crippen LogP contribution in [0.25, 0.3) is 0 Å². The molecule has 1 aromatic rings. The molecule has 6 nitrogen and oxygen atoms in total. The number of hydrazone groups is 1. The maximum absolute atomic E-state index is 12.8. The van der Waals surface area contributed by atoms with Crippen LogP contribution in [0.5, 0.6) is 0 Å². The molecule has 1 aliphatic rings. The van der Waals surface area contributed by atoms with Crippen LogP contribution in [0.4, 0.5) is 26.3 Å². The van der Waals surface area contributed by atoms with Gasteiger partial charge in [-0.2, -0.15) is 41.6 Å². The van der Waals surface area contributed by atoms with E-state index in [1.807, 2.05) is 0 Å². The Kier molecular flexibility index (Phi) is 3.91. The third-order valence-corrected chi connectivity index (χ3v) is 3.17. The number of carbonyl (C=O) groups is 1. The van der Waals surface area contributed by atoms with E-state index in [0.29, 0.717) is 17.0 Å². The molecule has 0 saturated heterocycles. The van der Waals surface area contributed by atoms with Crippen molar-refractivity contribution in [1.82, 2.24) is 14.8 Å². The van der Waals surface area contributed by atoms with E-state index in [4.69, 9.17) is 0 Å². The summed E-state index contributed by atoms with van der Waals surface area (Å²) in [6, 6.07) is 0.649. The summed E-state index contributed by atoms with van der Waals surface area (Å²) in [5, 5.41) is 15.7. The van der Waals surface area contributed by atoms with Gasteiger partial charge in [0.1, 0.15) is 6.54 Å². The lowest BCUT2D eigenvalue weighted by Gasteiger charge is -2.32. The van der Waals surface area contributed by atoms with Gasteiger partial charge in [-0.15, -0.1) is 0 Å². The van der Waals surface area contributed by atoms with Crippen molar-refractivity contribution < 1.29 is 36.2 Å². The number of carbonyl (C=O) groups excluding carboxylic acids is 1. The van der Waals surface area contributed by atoms with Crippen molar-refractivity contribution in [2.45, 2.75) is 38.0 Å². The van der Waals surface area contributed by atoms with E-state index < -0.39 is 42.6 Å². The molecule has 0 bridgehead atoms. The molecule has 0 unspecified atom stereocenters. The third kappa shape index (κ3) is 3.02. The molecule has 128 valence electrons. The van der Waals surface area contributed by atoms with Crippen LogP contribution < -0.4 is 0 Å². The zero-order valence-corrected chi connectivity index (χ0v) is 11.5. The summed E-state index contributed by atoms with van der Waals surface area (Å²) in [5.41, 5.74) is -4.87. The van der Waals surface area contributed by atoms with E-state index in [1.54, 1.807) is 0 Å². The highest BCUT2D eigenvalue weighted by Gasteiger charge is 2.61. The first-order valence-corrected chi connectivity index (χ1v) is 6.12. The third-order valence-electron chi connectivity index (χ3n) is 3.17. The standard InChI is InChI=1S/C11H10F6N4O2/c1-6-4-7(10(12,13)14)19-20(6)5-8(22)21-9(23,2-3-18-21)11(15,16)17/h3-4,23H,2,5H2,1H3/t9-/m1/s1. The van der Waals surface area contributed by atoms with E-state index in [-0.39, 0.29) is 10.7 Å². The maximum atomic E-state index is 12.8. The van der Waals surface area contributed by atoms with Gasteiger partial charge in [-0.25, -0.2) is 0 Å². The predicted octanol–water partition coefficient (Wildman–Crippen LogP) is 1.68. The van der Waals surface area contributed by atoms with Gasteiger partial charge in [0, 0.05) is 18.3 Å². The van der Waals surface area contributed by atoms with E-state index in [1.165, 1.54) is 6.92 Å². The Morgan fingerprint density at radius 1 is 1.35 bits per heavy atom. The summed E-state index contributed by atoms with van der Waals surface area (Å²) in [4.78, 5) is 11.9. The summed E-state index contributed by atoms with van der Waals surface area (Å²) >= 11 is 0. The number of nitrogens with zero attached hydrogens (tertiary/aromatic N) is 4. The number of hydrogen-bond donors (Lipinski definition) is 1. The monoisotopic (exact) mass is 344 g/mol. The second-order valence-electron chi connectivity index (χ2n) is 4.85. The fraction of sp³-hybridized carbons (Fsp3) is 0.545. The first-order chi connectivity index (χ1) is 10.4. The molecule has 12 heteroatoms. The minimum absolute atomic E-state index is 0.0793. The fourth-order valence-electron chi connectivity index (χ4n) is 1.94. The van der Waals surface area contributed by atoms with E-state index in [9.17, 15) is 36.2 Å². The topological polar surface area (TPSA) is 70.7 Å². The van der Waals surface area contributed by atoms with Crippen LogP contribution in [-0.2, 0) is 17.5 Å². The van der Waals surface area contributed by atoms with Crippen molar-refractivity contribution in [1.29, 1.82) is 0 Å². The zero-order valence-electron chi connectivity index (χ0n) is 11.5. The number of aryl methyl sites for hydroxylation is 1. The Morgan fingerprint density at radius 2 is 1.96 bits per heavy atom. The molecule has 1 aromatic heterocycles. The van der Waals surface area contributed by atoms with Gasteiger partial charge < -0.3 is 5.11 Å². The molecule has 1 amide bonds. The van der Waals surface area contributed by atoms with Crippen molar-refractivity contribution in [2.75, 3.05) is 0 Å². The summed E-state index contributed by atoms with van der Waals surface area (Å²) in [5.74, 6) is -1.35. The Morgan fingerprint density at radius 3 is 2.43 bits per heavy atom. The molecule has 1 N–H and O–H groups in total. The van der Waals surface area contributed by atoms with Gasteiger partial charge in [-0.3, -0.25) is 9.48 Å². The summed E-state index contributed by atoms with van der Waals surface area (Å²) in [6.07, 6.45) is -10.2. The van der Waals surface area contributed by atoms with Gasteiger partial charge in [0.05, 0.1) is 0 Å². The minimum atomic E-state index is -5.17. The molecule has 0 fully saturated rings. The predicted molar refractivity (Wildman–Crippen MR) is 62.9 cm³/mol. The van der Waals surface area contributed by atoms with Gasteiger partial charge in [-0.05, 0) is 13.0 Å². The van der Waals surface area contributed by atoms with Gasteiger partial charge in [-0.1, -0.05) is 0 Å². The van der Waals surface area contributed by atoms with Gasteiger partial charge in [0.2, 0.25) is 0 Å². The largest absolute Gasteiger partial charge is 0.438 e. The van der Waals surface area contributed by atoms with Crippen molar-refractivity contribution in [2.24, 2.45) is 5.10 Å². The Hall–Kier alpha value is -2.11. The van der Waals surface area contributed by atoms with Crippen LogP contribution in [0.3, 0.4) is 0 Å². The first-order valence-electron chi connectivity index (χ1n) is 6.12. The Labute approximate surface area is 125 Å². The highest BCUT2D eigenvalue weighted by Crippen LogP contribution is 2.38. The van der Waals surface area contributed by atoms with Crippen molar-refractivity contribution in [3.05, 3.63) is 17.5 Å². The number of aliphatic hydroxyl groups is 1. The Bertz CT molecular complexity index is 650. The molecule has 2 rings (SSSR count). The van der Waals surface area contributed by atoms with Crippen molar-refractivity contribution in [3.63, 3.8) is 0 Å². The number of aromatic nitrogens is 2. The van der Waals surface area contributed by atoms with Crippen molar-refractivity contribution >= 4 is 12.1 Å². The van der Waals surface area contributed by atoms with E-state index in [0.717, 1.165) is 0 Å². The van der Waals surface area contributed by atoms with Crippen LogP contribution in [0.2, 0.25) is 0 Å². The SMILES string of the molecule is Cc1cc(C(F)(F)F)nn1CC(=O)N1N=CC[C@@]1(O)C(F)(F)F. The van der Waals surface area contributed by atoms with Crippen LogP contribution >= 0.6 is 0 Å². The highest BCUT2D eigenvalue weighted by atomic mass is 19.4. The second-order valence-corrected chi connectivity index (χ2v) is 4.85. The van der Waals surface area contributed by atoms with Crippen LogP contribution in [-0.4, -0.2) is 43.9 Å². The number of amides is 1. The van der Waals surface area contributed by atoms with Gasteiger partial charge in [0.15, 0.2) is 5.69 Å². The quantitative estimate of drug-likeness (QED) is 0.830. The lowest BCUT2D eigenvalue weighted by Crippen LogP contribution is -2.57. The number of hydrogen-bond acceptors (Lipinski definition) is 4. The molecule has 2 heterocycles. The molecule has 1 atom stereocenters. The molecular formula is C11H10F6N4O2. The lowest BCUT2D eigenvalue weighted by atomic mass is 10.1. The average molecular weight is 344 g/mol. The minimum Gasteiger partial charge on any atom is -0.362 e. The molecule has 1 aliphatic heterocycles. The molecule has 23 heavy (non-hydrogen) atoms. The normalized spacial score (nSPS) is 22.0. The molecule has 0 radical (unpaired) electrons. The first kappa shape index (κ1) is 17.2. The van der Waals surface area contributed by atoms with Crippen LogP contribution in [0.1, 0.15) is 17.8 Å². The van der Waals surface area contributed by atoms with Crippen LogP contribution in [0, 0.1) is 6.92 Å². The molecule has 0 saturated carbocycles. The van der Waals surface area contributed by atoms with E-state index in [2.05, 4.69) is 10.2 Å². The lowest BCUT2D eigenvalue weighted by molar-refractivity contribution is -0.302. The number of halogens is 6. The summed E-state index contributed by atoms with van der Waals surface area (Å²) in [6.45, 7) is 0.274. The number of alkyl halides is 6. The average Bonchev–Trinajstić information content (AvgIpc) is 2.93. The molecule has 0 aromatic carbocycles. The zero-order chi connectivity index (χ0) is 17.6. The summed E-state index contributed by atoms with van der Waals surface area (Å²) in [7, 11) is 0. The highest BCUT2D eigenvalue weighted by molar-refractivity contribution is 5.80.